The van der Waals surface area contributed by atoms with Gasteiger partial charge in [-0.2, -0.15) is 0 Å². The SMILES string of the molecule is O=C(OCC1c2ccccc2-c2ccccc21)OC[C@H]1O[C@@H](OC[C@H]2O[C@@H](OC[C@H]3O[C@@H](Sc4ccccc4)[C@H](OC(=O)c4ccccc4)[C@@H](OC(=O)c4ccccc4)[C@@H]3OC(=O)c3ccccc3)[C@H](OC(=O)c3ccccc3)[C@@H](OC(=O)c3ccccc3)[C@@H]2OC(=O)c2ccccc2)[C@H](OC(=O)c2ccccc2)[C@@H](OC(=O)c2ccccc2)[C@@H]1OC(=O)c1ccccc1. The second-order valence-corrected chi connectivity index (χ2v) is 31.1. The molecule has 3 saturated heterocycles. The van der Waals surface area contributed by atoms with E-state index in [9.17, 15) is 19.2 Å². The van der Waals surface area contributed by atoms with Crippen molar-refractivity contribution < 1.29 is 124 Å². The van der Waals surface area contributed by atoms with Crippen LogP contribution in [0.2, 0.25) is 0 Å². The van der Waals surface area contributed by atoms with Gasteiger partial charge in [0.1, 0.15) is 37.0 Å². The maximum Gasteiger partial charge on any atom is 0.508 e. The van der Waals surface area contributed by atoms with Gasteiger partial charge in [0.05, 0.1) is 63.3 Å². The summed E-state index contributed by atoms with van der Waals surface area (Å²) in [4.78, 5) is 150. The van der Waals surface area contributed by atoms with Crippen molar-refractivity contribution in [1.29, 1.82) is 0 Å². The quantitative estimate of drug-likeness (QED) is 0.0298. The van der Waals surface area contributed by atoms with Gasteiger partial charge in [-0.1, -0.05) is 242 Å². The van der Waals surface area contributed by atoms with Crippen molar-refractivity contribution in [2.75, 3.05) is 26.4 Å². The number of rotatable bonds is 30. The minimum atomic E-state index is -2.14. The molecular weight excluding hydrogens is 1670 g/mol. The van der Waals surface area contributed by atoms with Crippen molar-refractivity contribution in [3.05, 3.63) is 413 Å². The lowest BCUT2D eigenvalue weighted by Crippen LogP contribution is -2.65. The fourth-order valence-electron chi connectivity index (χ4n) is 15.3. The molecule has 0 N–H and O–H groups in total. The van der Waals surface area contributed by atoms with Crippen LogP contribution in [0.4, 0.5) is 4.79 Å². The molecule has 26 nitrogen and oxygen atoms in total. The fourth-order valence-corrected chi connectivity index (χ4v) is 16.4. The normalized spacial score (nSPS) is 22.0. The summed E-state index contributed by atoms with van der Waals surface area (Å²) in [6, 6.07) is 93.3. The molecule has 0 radical (unpaired) electrons. The predicted octanol–water partition coefficient (Wildman–Crippen LogP) is 16.0. The number of benzene rings is 12. The first-order valence-electron chi connectivity index (χ1n) is 41.4. The van der Waals surface area contributed by atoms with Crippen LogP contribution in [-0.4, -0.2) is 178 Å². The van der Waals surface area contributed by atoms with Crippen LogP contribution in [0.1, 0.15) is 110 Å². The zero-order valence-corrected chi connectivity index (χ0v) is 69.4. The Morgan fingerprint density at radius 3 is 0.752 bits per heavy atom. The Morgan fingerprint density at radius 2 is 0.450 bits per heavy atom. The van der Waals surface area contributed by atoms with Gasteiger partial charge in [0.2, 0.25) is 0 Å². The van der Waals surface area contributed by atoms with Crippen molar-refractivity contribution in [3.8, 4) is 11.1 Å². The molecule has 0 amide bonds. The zero-order valence-electron chi connectivity index (χ0n) is 68.6. The third-order valence-electron chi connectivity index (χ3n) is 21.6. The Balaban J connectivity index is 0.820. The van der Waals surface area contributed by atoms with Gasteiger partial charge in [-0.25, -0.2) is 47.9 Å². The minimum absolute atomic E-state index is 0.00676. The minimum Gasteiger partial charge on any atom is -0.452 e. The number of ether oxygens (including phenoxy) is 16. The highest BCUT2D eigenvalue weighted by Crippen LogP contribution is 2.46. The summed E-state index contributed by atoms with van der Waals surface area (Å²) in [5, 5.41) is 0. The van der Waals surface area contributed by atoms with Gasteiger partial charge in [-0.3, -0.25) is 0 Å². The van der Waals surface area contributed by atoms with E-state index in [1.165, 1.54) is 109 Å². The second-order valence-electron chi connectivity index (χ2n) is 29.9. The number of esters is 9. The molecule has 0 bridgehead atoms. The van der Waals surface area contributed by atoms with E-state index in [4.69, 9.17) is 75.8 Å². The van der Waals surface area contributed by atoms with E-state index >= 15 is 28.8 Å². The smallest absolute Gasteiger partial charge is 0.452 e. The number of fused-ring (bicyclic) bond motifs is 3. The van der Waals surface area contributed by atoms with E-state index in [0.29, 0.717) is 4.90 Å². The lowest BCUT2D eigenvalue weighted by Gasteiger charge is -2.47. The average Bonchev–Trinajstić information content (AvgIpc) is 1.35. The van der Waals surface area contributed by atoms with Crippen LogP contribution in [0.15, 0.2) is 357 Å². The number of carbonyl (C=O) groups is 10. The first kappa shape index (κ1) is 87.8. The molecule has 12 aromatic carbocycles. The number of carbonyl (C=O) groups excluding carboxylic acids is 10. The molecule has 652 valence electrons. The van der Waals surface area contributed by atoms with Gasteiger partial charge >= 0.3 is 59.9 Å². The molecule has 3 fully saturated rings. The van der Waals surface area contributed by atoms with Crippen molar-refractivity contribution in [3.63, 3.8) is 0 Å². The lowest BCUT2D eigenvalue weighted by atomic mass is 9.96. The molecule has 1 aliphatic carbocycles. The molecule has 3 aliphatic heterocycles. The lowest BCUT2D eigenvalue weighted by molar-refractivity contribution is -0.332. The summed E-state index contributed by atoms with van der Waals surface area (Å²) >= 11 is 1.03. The predicted molar refractivity (Wildman–Crippen MR) is 462 cm³/mol. The molecule has 4 aliphatic rings. The van der Waals surface area contributed by atoms with E-state index in [0.717, 1.165) is 34.0 Å². The van der Waals surface area contributed by atoms with Crippen LogP contribution in [-0.2, 0) is 75.8 Å². The summed E-state index contributed by atoms with van der Waals surface area (Å²) in [7, 11) is 0. The molecule has 27 heteroatoms. The average molecular weight is 1760 g/mol. The van der Waals surface area contributed by atoms with Gasteiger partial charge in [-0.05, 0) is 144 Å². The van der Waals surface area contributed by atoms with Crippen LogP contribution in [0.25, 0.3) is 11.1 Å². The second kappa shape index (κ2) is 42.1. The molecule has 0 spiro atoms. The van der Waals surface area contributed by atoms with Crippen LogP contribution in [0, 0.1) is 0 Å². The first-order chi connectivity index (χ1) is 63.1. The molecule has 16 rings (SSSR count). The Bertz CT molecular complexity index is 5810. The van der Waals surface area contributed by atoms with Crippen LogP contribution in [0.5, 0.6) is 0 Å². The standard InChI is InChI=1S/C102H82O26S/c103-90(63-35-11-1-12-36-63)120-81-78(60-113-99-88(127-97(110)70-49-25-8-26-50-70)85(124-94(107)67-43-19-5-20-44-67)82(121-91(104)64-37-13-2-14-38-64)79(118-99)62-116-102(112)115-59-77-75-57-33-31-55-73(75)74-56-32-34-58-76(74)77)117-100(87(126-96(109)69-47-23-7-24-48-69)84(81)123-93(106)66-41-17-4-18-42-66)114-61-80-83(122-92(105)65-39-15-3-16-40-65)86(125-95(108)68-45-21-6-22-46-68)89(128-98(111)71-51-27-9-28-52-71)101(119-80)129-72-53-29-10-30-54-72/h1-58,77-89,99-101H,59-62H2/t78-,79-,80-,81-,82-,83-,84+,85+,86+,87-,88-,89-,99-,100-,101+/m1/s1. The number of hydrogen-bond donors (Lipinski definition) is 0. The van der Waals surface area contributed by atoms with Crippen molar-refractivity contribution in [1.82, 2.24) is 0 Å². The topological polar surface area (TPSA) is 318 Å². The maximum atomic E-state index is 15.3. The molecular formula is C102H82O26S. The maximum absolute atomic E-state index is 15.3. The molecule has 12 aromatic rings. The van der Waals surface area contributed by atoms with Crippen LogP contribution >= 0.6 is 11.8 Å². The van der Waals surface area contributed by atoms with E-state index in [1.807, 2.05) is 48.5 Å². The molecule has 0 saturated carbocycles. The van der Waals surface area contributed by atoms with E-state index in [-0.39, 0.29) is 56.7 Å². The van der Waals surface area contributed by atoms with Gasteiger partial charge in [-0.15, -0.1) is 0 Å². The molecule has 15 atom stereocenters. The summed E-state index contributed by atoms with van der Waals surface area (Å²) in [5.41, 5.74) is 2.03. The van der Waals surface area contributed by atoms with Crippen LogP contribution < -0.4 is 0 Å². The Kier molecular flexibility index (Phi) is 28.6. The number of thioether (sulfide) groups is 1. The highest BCUT2D eigenvalue weighted by atomic mass is 32.2. The molecule has 0 unspecified atom stereocenters. The van der Waals surface area contributed by atoms with E-state index < -0.39 is 177 Å². The molecule has 129 heavy (non-hydrogen) atoms. The van der Waals surface area contributed by atoms with Crippen LogP contribution in [0.3, 0.4) is 0 Å². The van der Waals surface area contributed by atoms with Crippen molar-refractivity contribution >= 4 is 71.6 Å². The van der Waals surface area contributed by atoms with Gasteiger partial charge < -0.3 is 75.8 Å². The first-order valence-corrected chi connectivity index (χ1v) is 42.2. The summed E-state index contributed by atoms with van der Waals surface area (Å²) in [5.74, 6) is -9.70. The van der Waals surface area contributed by atoms with Gasteiger partial charge in [0, 0.05) is 10.8 Å². The monoisotopic (exact) mass is 1750 g/mol. The third-order valence-corrected chi connectivity index (χ3v) is 22.7. The summed E-state index contributed by atoms with van der Waals surface area (Å²) < 4.78 is 106. The van der Waals surface area contributed by atoms with E-state index in [2.05, 4.69) is 0 Å². The van der Waals surface area contributed by atoms with Crippen molar-refractivity contribution in [2.24, 2.45) is 0 Å². The van der Waals surface area contributed by atoms with Gasteiger partial charge in [0.15, 0.2) is 67.5 Å². The fraction of sp³-hybridized carbons (Fsp3) is 0.196. The van der Waals surface area contributed by atoms with Crippen molar-refractivity contribution in [2.45, 2.75) is 102 Å². The Morgan fingerprint density at radius 1 is 0.225 bits per heavy atom. The van der Waals surface area contributed by atoms with E-state index in [1.54, 1.807) is 194 Å². The number of hydrogen-bond acceptors (Lipinski definition) is 27. The highest BCUT2D eigenvalue weighted by Gasteiger charge is 2.59. The zero-order chi connectivity index (χ0) is 89.0. The Labute approximate surface area is 744 Å². The Hall–Kier alpha value is -14.7. The largest absolute Gasteiger partial charge is 0.508 e. The summed E-state index contributed by atoms with van der Waals surface area (Å²) in [6.45, 7) is -2.97. The third kappa shape index (κ3) is 21.5. The summed E-state index contributed by atoms with van der Waals surface area (Å²) in [6.07, 6.45) is -28.5. The van der Waals surface area contributed by atoms with Gasteiger partial charge in [0.25, 0.3) is 0 Å². The highest BCUT2D eigenvalue weighted by molar-refractivity contribution is 7.99. The molecule has 3 heterocycles. The molecule has 0 aromatic heterocycles.